The number of likely N-dealkylation sites (N-methyl/N-ethyl adjacent to an activating group) is 1. The van der Waals surface area contributed by atoms with Crippen LogP contribution in [0.2, 0.25) is 0 Å². The summed E-state index contributed by atoms with van der Waals surface area (Å²) in [7, 11) is 1.92. The third-order valence-electron chi connectivity index (χ3n) is 4.34. The number of hydrogen-bond acceptors (Lipinski definition) is 2. The Bertz CT molecular complexity index is 741. The van der Waals surface area contributed by atoms with Crippen molar-refractivity contribution in [2.75, 3.05) is 13.6 Å². The Labute approximate surface area is 159 Å². The van der Waals surface area contributed by atoms with Crippen molar-refractivity contribution in [3.63, 3.8) is 0 Å². The van der Waals surface area contributed by atoms with Crippen LogP contribution in [-0.2, 0) is 6.42 Å². The Morgan fingerprint density at radius 2 is 1.77 bits per heavy atom. The standard InChI is InChI=1S/C24H32N2/c1-8-22-12-14-23(15-13-22)19(4)11-10-18(3)20(5)17-26-24(9-2)21(6)16-25-7/h9-15,17,25H,2,5,8,16H2,1,3-4,6-7H3/b18-10-,19-11+,24-21-,26-17?. The lowest BCUT2D eigenvalue weighted by molar-refractivity contribution is 0.871. The third kappa shape index (κ3) is 6.81. The van der Waals surface area contributed by atoms with Crippen molar-refractivity contribution in [3.8, 4) is 0 Å². The summed E-state index contributed by atoms with van der Waals surface area (Å²) in [5.41, 5.74) is 7.85. The zero-order valence-electron chi connectivity index (χ0n) is 16.9. The first-order chi connectivity index (χ1) is 12.4. The van der Waals surface area contributed by atoms with Crippen LogP contribution in [-0.4, -0.2) is 19.8 Å². The Morgan fingerprint density at radius 1 is 1.12 bits per heavy atom. The molecule has 0 aromatic heterocycles. The highest BCUT2D eigenvalue weighted by molar-refractivity contribution is 5.84. The van der Waals surface area contributed by atoms with Gasteiger partial charge in [0.05, 0.1) is 5.70 Å². The molecule has 0 unspecified atom stereocenters. The van der Waals surface area contributed by atoms with Gasteiger partial charge in [-0.2, -0.15) is 0 Å². The summed E-state index contributed by atoms with van der Waals surface area (Å²) in [6.45, 7) is 17.1. The van der Waals surface area contributed by atoms with E-state index in [1.54, 1.807) is 12.3 Å². The van der Waals surface area contributed by atoms with Crippen LogP contribution in [0, 0.1) is 0 Å². The van der Waals surface area contributed by atoms with E-state index in [0.717, 1.165) is 35.4 Å². The third-order valence-corrected chi connectivity index (χ3v) is 4.34. The first kappa shape index (κ1) is 21.6. The van der Waals surface area contributed by atoms with E-state index in [9.17, 15) is 0 Å². The fourth-order valence-corrected chi connectivity index (χ4v) is 2.40. The van der Waals surface area contributed by atoms with Gasteiger partial charge in [0, 0.05) is 12.8 Å². The van der Waals surface area contributed by atoms with Crippen molar-refractivity contribution in [2.45, 2.75) is 34.1 Å². The van der Waals surface area contributed by atoms with E-state index in [4.69, 9.17) is 0 Å². The maximum absolute atomic E-state index is 4.52. The van der Waals surface area contributed by atoms with Gasteiger partial charge >= 0.3 is 0 Å². The molecule has 0 amide bonds. The number of rotatable bonds is 9. The molecule has 0 heterocycles. The van der Waals surface area contributed by atoms with Gasteiger partial charge in [0.1, 0.15) is 0 Å². The highest BCUT2D eigenvalue weighted by Crippen LogP contribution is 2.16. The Hall–Kier alpha value is -2.45. The predicted octanol–water partition coefficient (Wildman–Crippen LogP) is 5.91. The quantitative estimate of drug-likeness (QED) is 0.436. The SMILES string of the molecule is C=C/C(N=CC(=C)/C(C)=C\C=C(/C)c1ccc(CC)cc1)=C(\C)CNC. The number of aliphatic imine (C=N–C) groups is 1. The zero-order chi connectivity index (χ0) is 19.5. The van der Waals surface area contributed by atoms with Crippen molar-refractivity contribution in [3.05, 3.63) is 89.2 Å². The zero-order valence-corrected chi connectivity index (χ0v) is 16.9. The molecule has 1 N–H and O–H groups in total. The molecule has 1 rings (SSSR count). The van der Waals surface area contributed by atoms with Crippen molar-refractivity contribution in [1.29, 1.82) is 0 Å². The van der Waals surface area contributed by atoms with Crippen LogP contribution in [0.4, 0.5) is 0 Å². The minimum Gasteiger partial charge on any atom is -0.316 e. The van der Waals surface area contributed by atoms with Crippen LogP contribution in [0.15, 0.2) is 83.1 Å². The van der Waals surface area contributed by atoms with Crippen LogP contribution < -0.4 is 5.32 Å². The van der Waals surface area contributed by atoms with Gasteiger partial charge in [0.15, 0.2) is 0 Å². The van der Waals surface area contributed by atoms with E-state index in [1.807, 2.05) is 14.0 Å². The topological polar surface area (TPSA) is 24.4 Å². The summed E-state index contributed by atoms with van der Waals surface area (Å²) in [4.78, 5) is 4.52. The fraction of sp³-hybridized carbons (Fsp3) is 0.292. The van der Waals surface area contributed by atoms with Crippen molar-refractivity contribution in [1.82, 2.24) is 5.32 Å². The van der Waals surface area contributed by atoms with Gasteiger partial charge < -0.3 is 5.32 Å². The summed E-state index contributed by atoms with van der Waals surface area (Å²) < 4.78 is 0. The molecule has 2 nitrogen and oxygen atoms in total. The number of allylic oxidation sites excluding steroid dienone is 6. The summed E-state index contributed by atoms with van der Waals surface area (Å²) in [5, 5.41) is 3.13. The molecular weight excluding hydrogens is 316 g/mol. The Kier molecular flexibility index (Phi) is 9.32. The van der Waals surface area contributed by atoms with Crippen LogP contribution in [0.25, 0.3) is 5.57 Å². The number of benzene rings is 1. The van der Waals surface area contributed by atoms with E-state index < -0.39 is 0 Å². The maximum Gasteiger partial charge on any atom is 0.0625 e. The molecule has 26 heavy (non-hydrogen) atoms. The molecule has 2 heteroatoms. The normalized spacial score (nSPS) is 13.7. The minimum absolute atomic E-state index is 0.790. The predicted molar refractivity (Wildman–Crippen MR) is 118 cm³/mol. The number of nitrogens with zero attached hydrogens (tertiary/aromatic N) is 1. The molecule has 0 saturated carbocycles. The average molecular weight is 349 g/mol. The largest absolute Gasteiger partial charge is 0.316 e. The van der Waals surface area contributed by atoms with Crippen LogP contribution in [0.1, 0.15) is 38.8 Å². The van der Waals surface area contributed by atoms with Crippen molar-refractivity contribution in [2.24, 2.45) is 4.99 Å². The van der Waals surface area contributed by atoms with E-state index >= 15 is 0 Å². The summed E-state index contributed by atoms with van der Waals surface area (Å²) in [5.74, 6) is 0. The van der Waals surface area contributed by atoms with Gasteiger partial charge in [-0.3, -0.25) is 4.99 Å². The molecule has 0 saturated heterocycles. The summed E-state index contributed by atoms with van der Waals surface area (Å²) in [6, 6.07) is 8.72. The number of nitrogens with one attached hydrogen (secondary N) is 1. The maximum atomic E-state index is 4.52. The van der Waals surface area contributed by atoms with E-state index in [-0.39, 0.29) is 0 Å². The van der Waals surface area contributed by atoms with Gasteiger partial charge in [-0.15, -0.1) is 0 Å². The molecule has 0 atom stereocenters. The smallest absolute Gasteiger partial charge is 0.0625 e. The number of aryl methyl sites for hydroxylation is 1. The number of hydrogen-bond donors (Lipinski definition) is 1. The highest BCUT2D eigenvalue weighted by atomic mass is 14.8. The molecule has 0 aliphatic carbocycles. The lowest BCUT2D eigenvalue weighted by Gasteiger charge is -2.05. The van der Waals surface area contributed by atoms with E-state index in [2.05, 4.69) is 80.7 Å². The first-order valence-electron chi connectivity index (χ1n) is 9.07. The first-order valence-corrected chi connectivity index (χ1v) is 9.07. The lowest BCUT2D eigenvalue weighted by atomic mass is 10.0. The Balaban J connectivity index is 2.87. The molecule has 0 fully saturated rings. The molecule has 0 spiro atoms. The molecule has 0 aliphatic heterocycles. The summed E-state index contributed by atoms with van der Waals surface area (Å²) in [6.07, 6.45) is 8.87. The molecule has 0 radical (unpaired) electrons. The van der Waals surface area contributed by atoms with Gasteiger partial charge in [-0.05, 0) is 73.7 Å². The molecule has 0 bridgehead atoms. The Morgan fingerprint density at radius 3 is 2.31 bits per heavy atom. The highest BCUT2D eigenvalue weighted by Gasteiger charge is 1.98. The van der Waals surface area contributed by atoms with Crippen molar-refractivity contribution >= 4 is 11.8 Å². The lowest BCUT2D eigenvalue weighted by Crippen LogP contribution is -2.09. The van der Waals surface area contributed by atoms with Gasteiger partial charge in [-0.25, -0.2) is 0 Å². The monoisotopic (exact) mass is 348 g/mol. The van der Waals surface area contributed by atoms with Crippen LogP contribution in [0.3, 0.4) is 0 Å². The second kappa shape index (κ2) is 11.2. The minimum atomic E-state index is 0.790. The second-order valence-corrected chi connectivity index (χ2v) is 6.43. The second-order valence-electron chi connectivity index (χ2n) is 6.43. The van der Waals surface area contributed by atoms with E-state index in [0.29, 0.717) is 0 Å². The molecule has 1 aromatic carbocycles. The van der Waals surface area contributed by atoms with E-state index in [1.165, 1.54) is 16.7 Å². The van der Waals surface area contributed by atoms with Crippen molar-refractivity contribution < 1.29 is 0 Å². The molecular formula is C24H32N2. The van der Waals surface area contributed by atoms with Crippen LogP contribution >= 0.6 is 0 Å². The molecule has 1 aromatic rings. The molecule has 138 valence electrons. The summed E-state index contributed by atoms with van der Waals surface area (Å²) >= 11 is 0. The van der Waals surface area contributed by atoms with Gasteiger partial charge in [-0.1, -0.05) is 56.5 Å². The van der Waals surface area contributed by atoms with Gasteiger partial charge in [0.25, 0.3) is 0 Å². The van der Waals surface area contributed by atoms with Gasteiger partial charge in [0.2, 0.25) is 0 Å². The fourth-order valence-electron chi connectivity index (χ4n) is 2.40. The van der Waals surface area contributed by atoms with Crippen LogP contribution in [0.5, 0.6) is 0 Å². The molecule has 0 aliphatic rings. The average Bonchev–Trinajstić information content (AvgIpc) is 2.66.